The summed E-state index contributed by atoms with van der Waals surface area (Å²) in [6.07, 6.45) is 0.365. The summed E-state index contributed by atoms with van der Waals surface area (Å²) >= 11 is 0. The monoisotopic (exact) mass is 507 g/mol. The zero-order valence-corrected chi connectivity index (χ0v) is 22.6. The number of anilines is 3. The average Bonchev–Trinajstić information content (AvgIpc) is 2.80. The van der Waals surface area contributed by atoms with Crippen molar-refractivity contribution < 1.29 is 22.7 Å². The van der Waals surface area contributed by atoms with E-state index < -0.39 is 15.8 Å². The second-order valence-corrected chi connectivity index (χ2v) is 8.77. The summed E-state index contributed by atoms with van der Waals surface area (Å²) < 4.78 is 46.9. The van der Waals surface area contributed by atoms with Crippen LogP contribution in [0.5, 0.6) is 5.75 Å². The first kappa shape index (κ1) is 26.5. The summed E-state index contributed by atoms with van der Waals surface area (Å²) in [6, 6.07) is 16.8. The van der Waals surface area contributed by atoms with Gasteiger partial charge in [0.25, 0.3) is 10.0 Å². The van der Waals surface area contributed by atoms with Crippen molar-refractivity contribution in [2.24, 2.45) is 0 Å². The van der Waals surface area contributed by atoms with Crippen molar-refractivity contribution in [2.45, 2.75) is 11.3 Å². The molecule has 0 aliphatic carbocycles. The predicted octanol–water partition coefficient (Wildman–Crippen LogP) is 3.48. The maximum absolute atomic E-state index is 13.3. The molecule has 3 aromatic carbocycles. The smallest absolute Gasteiger partial charge is 0.263 e. The number of hydrogen-bond acceptors (Lipinski definition) is 7. The number of rotatable bonds is 8. The topological polar surface area (TPSA) is 113 Å². The van der Waals surface area contributed by atoms with Gasteiger partial charge in [-0.2, -0.15) is 0 Å². The van der Waals surface area contributed by atoms with E-state index >= 15 is 0 Å². The van der Waals surface area contributed by atoms with E-state index in [1.165, 1.54) is 19.2 Å². The van der Waals surface area contributed by atoms with E-state index in [1.807, 2.05) is 0 Å². The summed E-state index contributed by atoms with van der Waals surface area (Å²) in [5.74, 6) is 0.153. The Morgan fingerprint density at radius 1 is 0.971 bits per heavy atom. The number of halogens is 1. The molecule has 0 fully saturated rings. The molecule has 171 valence electrons. The molecule has 0 saturated heterocycles. The van der Waals surface area contributed by atoms with Crippen molar-refractivity contribution >= 4 is 89.8 Å². The van der Waals surface area contributed by atoms with Gasteiger partial charge in [-0.1, -0.05) is 18.2 Å². The summed E-state index contributed by atoms with van der Waals surface area (Å²) in [6.45, 7) is -0.0749. The molecule has 0 spiro atoms. The number of fused-ring (bicyclic) bond motifs is 1. The molecule has 0 amide bonds. The summed E-state index contributed by atoms with van der Waals surface area (Å²) in [5, 5.41) is 12.6. The largest absolute Gasteiger partial charge is 0.497 e. The van der Waals surface area contributed by atoms with Gasteiger partial charge in [-0.25, -0.2) is 22.8 Å². The number of aliphatic hydroxyl groups is 1. The molecule has 0 saturated carbocycles. The fourth-order valence-corrected chi connectivity index (χ4v) is 4.23. The van der Waals surface area contributed by atoms with E-state index in [4.69, 9.17) is 4.74 Å². The molecule has 0 aliphatic rings. The van der Waals surface area contributed by atoms with Crippen LogP contribution in [-0.2, 0) is 16.4 Å². The van der Waals surface area contributed by atoms with Crippen molar-refractivity contribution in [2.75, 3.05) is 23.8 Å². The van der Waals surface area contributed by atoms with Crippen LogP contribution in [0.4, 0.5) is 21.7 Å². The molecular weight excluding hydrogens is 486 g/mol. The van der Waals surface area contributed by atoms with Crippen molar-refractivity contribution in [3.8, 4) is 5.75 Å². The molecule has 8 nitrogen and oxygen atoms in total. The molecule has 0 atom stereocenters. The minimum atomic E-state index is -4.07. The first-order chi connectivity index (χ1) is 15.9. The number of nitrogens with one attached hydrogen (secondary N) is 2. The third kappa shape index (κ3) is 6.11. The molecular formula is C23H21FKN4O4S. The Labute approximate surface area is 239 Å². The van der Waals surface area contributed by atoms with Crippen LogP contribution in [0.3, 0.4) is 0 Å². The summed E-state index contributed by atoms with van der Waals surface area (Å²) in [5.41, 5.74) is 2.40. The molecule has 34 heavy (non-hydrogen) atoms. The molecule has 1 aromatic heterocycles. The van der Waals surface area contributed by atoms with Gasteiger partial charge in [0.1, 0.15) is 11.6 Å². The fourth-order valence-electron chi connectivity index (χ4n) is 3.22. The maximum atomic E-state index is 13.3. The van der Waals surface area contributed by atoms with Crippen LogP contribution < -0.4 is 14.8 Å². The Kier molecular flexibility index (Phi) is 8.99. The van der Waals surface area contributed by atoms with Gasteiger partial charge in [0.05, 0.1) is 23.0 Å². The molecule has 0 bridgehead atoms. The Morgan fingerprint density at radius 2 is 1.62 bits per heavy atom. The molecule has 1 heterocycles. The average molecular weight is 508 g/mol. The van der Waals surface area contributed by atoms with E-state index in [0.29, 0.717) is 28.9 Å². The Hall–Kier alpha value is -2.12. The van der Waals surface area contributed by atoms with Crippen LogP contribution in [0, 0.1) is 5.82 Å². The zero-order chi connectivity index (χ0) is 23.4. The maximum Gasteiger partial charge on any atom is 0.263 e. The number of methoxy groups -OCH3 is 1. The first-order valence-corrected chi connectivity index (χ1v) is 11.5. The summed E-state index contributed by atoms with van der Waals surface area (Å²) in [7, 11) is -2.54. The van der Waals surface area contributed by atoms with Crippen LogP contribution in [-0.4, -0.2) is 88.6 Å². The number of hydrogen-bond donors (Lipinski definition) is 3. The van der Waals surface area contributed by atoms with E-state index in [9.17, 15) is 17.9 Å². The molecule has 4 aromatic rings. The van der Waals surface area contributed by atoms with Crippen molar-refractivity contribution in [3.05, 3.63) is 78.1 Å². The van der Waals surface area contributed by atoms with Gasteiger partial charge in [-0.3, -0.25) is 4.72 Å². The van der Waals surface area contributed by atoms with Crippen molar-refractivity contribution in [1.29, 1.82) is 0 Å². The van der Waals surface area contributed by atoms with Gasteiger partial charge in [-0.05, 0) is 54.4 Å². The number of aliphatic hydroxyl groups excluding tert-OH is 1. The Morgan fingerprint density at radius 3 is 2.24 bits per heavy atom. The zero-order valence-electron chi connectivity index (χ0n) is 18.6. The molecule has 4 rings (SSSR count). The SMILES string of the molecule is COc1ccc(CCO)c(Nc2nc3ccccc3nc2NS(=O)(=O)c2ccc(F)cc2)c1.[K]. The van der Waals surface area contributed by atoms with Gasteiger partial charge >= 0.3 is 0 Å². The molecule has 3 N–H and O–H groups in total. The van der Waals surface area contributed by atoms with Gasteiger partial charge in [0.2, 0.25) is 0 Å². The van der Waals surface area contributed by atoms with Crippen LogP contribution in [0.1, 0.15) is 5.56 Å². The predicted molar refractivity (Wildman–Crippen MR) is 130 cm³/mol. The quantitative estimate of drug-likeness (QED) is 0.313. The van der Waals surface area contributed by atoms with Gasteiger partial charge in [0.15, 0.2) is 11.6 Å². The van der Waals surface area contributed by atoms with E-state index in [1.54, 1.807) is 42.5 Å². The minimum absolute atomic E-state index is 0. The number of benzene rings is 3. The number of para-hydroxylation sites is 2. The molecule has 0 aliphatic heterocycles. The Balaban J connectivity index is 0.00000324. The fraction of sp³-hybridized carbons (Fsp3) is 0.130. The van der Waals surface area contributed by atoms with E-state index in [2.05, 4.69) is 20.0 Å². The van der Waals surface area contributed by atoms with Gasteiger partial charge < -0.3 is 15.2 Å². The Bertz CT molecular complexity index is 1400. The van der Waals surface area contributed by atoms with Crippen molar-refractivity contribution in [1.82, 2.24) is 9.97 Å². The number of nitrogens with zero attached hydrogens (tertiary/aromatic N) is 2. The second kappa shape index (κ2) is 11.5. The van der Waals surface area contributed by atoms with Crippen LogP contribution >= 0.6 is 0 Å². The standard InChI is InChI=1S/C23H21FN4O4S.K/c1-32-17-9-6-15(12-13-29)21(14-17)27-22-23(26-20-5-3-2-4-19(20)25-22)28-33(30,31)18-10-7-16(24)8-11-18;/h2-11,14,29H,12-13H2,1H3,(H,25,27)(H,26,28);. The summed E-state index contributed by atoms with van der Waals surface area (Å²) in [4.78, 5) is 8.88. The second-order valence-electron chi connectivity index (χ2n) is 7.09. The number of sulfonamides is 1. The first-order valence-electron chi connectivity index (χ1n) is 9.99. The third-order valence-electron chi connectivity index (χ3n) is 4.88. The van der Waals surface area contributed by atoms with Crippen LogP contribution in [0.2, 0.25) is 0 Å². The van der Waals surface area contributed by atoms with Gasteiger partial charge in [-0.15, -0.1) is 0 Å². The number of ether oxygens (including phenoxy) is 1. The minimum Gasteiger partial charge on any atom is -0.497 e. The normalized spacial score (nSPS) is 11.0. The molecule has 11 heteroatoms. The van der Waals surface area contributed by atoms with E-state index in [0.717, 1.165) is 17.7 Å². The third-order valence-corrected chi connectivity index (χ3v) is 6.23. The van der Waals surface area contributed by atoms with Crippen LogP contribution in [0.25, 0.3) is 11.0 Å². The molecule has 0 unspecified atom stereocenters. The van der Waals surface area contributed by atoms with Crippen molar-refractivity contribution in [3.63, 3.8) is 0 Å². The van der Waals surface area contributed by atoms with E-state index in [-0.39, 0.29) is 74.5 Å². The molecule has 1 radical (unpaired) electrons. The van der Waals surface area contributed by atoms with Crippen LogP contribution in [0.15, 0.2) is 71.6 Å². The van der Waals surface area contributed by atoms with Gasteiger partial charge in [0, 0.05) is 69.7 Å². The number of aromatic nitrogens is 2.